The van der Waals surface area contributed by atoms with Gasteiger partial charge in [0.15, 0.2) is 0 Å². The molecule has 0 spiro atoms. The van der Waals surface area contributed by atoms with Crippen LogP contribution in [0.4, 0.5) is 0 Å². The second kappa shape index (κ2) is 14.1. The van der Waals surface area contributed by atoms with Crippen molar-refractivity contribution in [1.82, 2.24) is 9.97 Å². The van der Waals surface area contributed by atoms with E-state index in [0.29, 0.717) is 5.92 Å². The van der Waals surface area contributed by atoms with Gasteiger partial charge >= 0.3 is 99.8 Å². The fraction of sp³-hybridized carbons (Fsp3) is 0.150. The molecule has 7 aromatic rings. The van der Waals surface area contributed by atoms with Crippen molar-refractivity contribution in [3.63, 3.8) is 0 Å². The van der Waals surface area contributed by atoms with E-state index in [1.165, 1.54) is 9.96 Å². The Labute approximate surface area is 282 Å². The molecule has 0 aliphatic carbocycles. The van der Waals surface area contributed by atoms with E-state index in [2.05, 4.69) is 126 Å². The van der Waals surface area contributed by atoms with Gasteiger partial charge in [-0.25, -0.2) is 0 Å². The zero-order valence-electron chi connectivity index (χ0n) is 26.3. The van der Waals surface area contributed by atoms with Crippen molar-refractivity contribution in [2.45, 2.75) is 37.0 Å². The third kappa shape index (κ3) is 7.20. The van der Waals surface area contributed by atoms with Gasteiger partial charge in [0.2, 0.25) is 0 Å². The van der Waals surface area contributed by atoms with Crippen molar-refractivity contribution >= 4 is 39.6 Å². The van der Waals surface area contributed by atoms with E-state index < -0.39 is 13.3 Å². The summed E-state index contributed by atoms with van der Waals surface area (Å²) in [6, 6.07) is 43.8. The maximum absolute atomic E-state index is 6.45. The summed E-state index contributed by atoms with van der Waals surface area (Å²) in [5.41, 5.74) is 9.15. The minimum Gasteiger partial charge on any atom is 0 e. The molecule has 5 heteroatoms. The normalized spacial score (nSPS) is 11.2. The topological polar surface area (TPSA) is 38.9 Å². The minimum atomic E-state index is -1.72. The van der Waals surface area contributed by atoms with E-state index >= 15 is 0 Å². The van der Waals surface area contributed by atoms with Crippen LogP contribution in [-0.4, -0.2) is 23.2 Å². The summed E-state index contributed by atoms with van der Waals surface area (Å²) in [5.74, 6) is 7.59. The van der Waals surface area contributed by atoms with Gasteiger partial charge in [0, 0.05) is 37.3 Å². The SMILES string of the molecule is CC(C)c1ccnc(-c2[c-]ccc3c2oc2c(-c4ccccc4)cccc23)c1.[CH3][Ge]([CH3])([CH3])[c]1ccc(-c2[c-]cccc2)nc1.[Ir]. The largest absolute Gasteiger partial charge is 0 e. The first-order chi connectivity index (χ1) is 21.3. The summed E-state index contributed by atoms with van der Waals surface area (Å²) in [6.45, 7) is 4.38. The minimum absolute atomic E-state index is 0. The number of furan rings is 1. The summed E-state index contributed by atoms with van der Waals surface area (Å²) in [5, 5.41) is 2.21. The number of aromatic nitrogens is 2. The van der Waals surface area contributed by atoms with E-state index in [4.69, 9.17) is 4.42 Å². The molecule has 0 N–H and O–H groups in total. The molecule has 0 amide bonds. The summed E-state index contributed by atoms with van der Waals surface area (Å²) >= 11 is -1.72. The molecule has 0 atom stereocenters. The Kier molecular flexibility index (Phi) is 10.2. The van der Waals surface area contributed by atoms with Gasteiger partial charge in [0.05, 0.1) is 5.58 Å². The van der Waals surface area contributed by atoms with Crippen molar-refractivity contribution < 1.29 is 24.5 Å². The van der Waals surface area contributed by atoms with E-state index in [1.807, 2.05) is 48.8 Å². The predicted octanol–water partition coefficient (Wildman–Crippen LogP) is 10.3. The number of pyridine rings is 2. The molecule has 0 fully saturated rings. The molecular formula is C40H36GeIrN2O-2. The Morgan fingerprint density at radius 1 is 0.689 bits per heavy atom. The van der Waals surface area contributed by atoms with Gasteiger partial charge in [-0.3, -0.25) is 0 Å². The van der Waals surface area contributed by atoms with E-state index in [9.17, 15) is 0 Å². The van der Waals surface area contributed by atoms with Crippen LogP contribution in [-0.2, 0) is 20.1 Å². The van der Waals surface area contributed by atoms with Crippen LogP contribution < -0.4 is 4.40 Å². The fourth-order valence-electron chi connectivity index (χ4n) is 5.29. The van der Waals surface area contributed by atoms with Gasteiger partial charge in [0.25, 0.3) is 0 Å². The van der Waals surface area contributed by atoms with Crippen molar-refractivity contribution in [2.24, 2.45) is 0 Å². The number of para-hydroxylation sites is 1. The van der Waals surface area contributed by atoms with Crippen LogP contribution in [0.3, 0.4) is 0 Å². The monoisotopic (exact) mass is 827 g/mol. The quantitative estimate of drug-likeness (QED) is 0.128. The van der Waals surface area contributed by atoms with Crippen molar-refractivity contribution in [1.29, 1.82) is 0 Å². The molecule has 0 saturated heterocycles. The summed E-state index contributed by atoms with van der Waals surface area (Å²) in [6.07, 6.45) is 3.91. The average Bonchev–Trinajstić information content (AvgIpc) is 3.45. The van der Waals surface area contributed by atoms with Crippen LogP contribution in [0, 0.1) is 12.1 Å². The first kappa shape index (κ1) is 32.6. The molecule has 227 valence electrons. The van der Waals surface area contributed by atoms with Crippen LogP contribution >= 0.6 is 0 Å². The average molecular weight is 826 g/mol. The van der Waals surface area contributed by atoms with Gasteiger partial charge < -0.3 is 9.40 Å². The second-order valence-electron chi connectivity index (χ2n) is 12.3. The molecule has 0 saturated carbocycles. The summed E-state index contributed by atoms with van der Waals surface area (Å²) in [7, 11) is 0. The van der Waals surface area contributed by atoms with Gasteiger partial charge in [-0.05, 0) is 23.2 Å². The van der Waals surface area contributed by atoms with Crippen LogP contribution in [0.5, 0.6) is 0 Å². The van der Waals surface area contributed by atoms with Gasteiger partial charge in [0.1, 0.15) is 5.58 Å². The molecule has 0 aliphatic heterocycles. The Balaban J connectivity index is 0.000000202. The maximum Gasteiger partial charge on any atom is 0 e. The van der Waals surface area contributed by atoms with Crippen LogP contribution in [0.15, 0.2) is 126 Å². The summed E-state index contributed by atoms with van der Waals surface area (Å²) in [4.78, 5) is 9.13. The standard InChI is InChI=1S/C26H20NO.C14H16GeN.Ir/c1-17(2)19-14-15-27-24(16-19)23-13-7-12-22-21-11-6-10-20(25(21)28-26(22)23)18-8-4-3-5-9-18;1-15(2,3)13-9-10-14(16-11-13)12-7-5-4-6-8-12;/h3-12,14-17H,1-2H3;4-7,9-11H,1-3H3;/q2*-1;. The van der Waals surface area contributed by atoms with E-state index in [-0.39, 0.29) is 20.1 Å². The third-order valence-electron chi connectivity index (χ3n) is 7.86. The van der Waals surface area contributed by atoms with Crippen molar-refractivity contribution in [3.8, 4) is 33.6 Å². The smallest absolute Gasteiger partial charge is 0 e. The molecule has 4 aromatic carbocycles. The molecule has 0 bridgehead atoms. The summed E-state index contributed by atoms with van der Waals surface area (Å²) < 4.78 is 7.90. The Morgan fingerprint density at radius 3 is 2.16 bits per heavy atom. The number of hydrogen-bond acceptors (Lipinski definition) is 3. The number of rotatable bonds is 5. The predicted molar refractivity (Wildman–Crippen MR) is 187 cm³/mol. The zero-order chi connectivity index (χ0) is 30.7. The van der Waals surface area contributed by atoms with Gasteiger partial charge in [-0.1, -0.05) is 85.0 Å². The molecular weight excluding hydrogens is 789 g/mol. The number of benzene rings is 4. The zero-order valence-corrected chi connectivity index (χ0v) is 30.8. The van der Waals surface area contributed by atoms with E-state index in [0.717, 1.165) is 55.6 Å². The van der Waals surface area contributed by atoms with Gasteiger partial charge in [-0.2, -0.15) is 0 Å². The molecule has 45 heavy (non-hydrogen) atoms. The first-order valence-electron chi connectivity index (χ1n) is 15.1. The number of nitrogens with zero attached hydrogens (tertiary/aromatic N) is 2. The second-order valence-corrected chi connectivity index (χ2v) is 23.0. The third-order valence-corrected chi connectivity index (χ3v) is 12.1. The Bertz CT molecular complexity index is 2010. The molecule has 0 aliphatic rings. The Morgan fingerprint density at radius 2 is 1.47 bits per heavy atom. The Hall–Kier alpha value is -3.83. The van der Waals surface area contributed by atoms with E-state index in [1.54, 1.807) is 0 Å². The molecule has 7 rings (SSSR count). The van der Waals surface area contributed by atoms with Gasteiger partial charge in [-0.15, -0.1) is 18.2 Å². The first-order valence-corrected chi connectivity index (χ1v) is 22.4. The number of fused-ring (bicyclic) bond motifs is 3. The van der Waals surface area contributed by atoms with Crippen molar-refractivity contribution in [3.05, 3.63) is 139 Å². The molecule has 3 aromatic heterocycles. The fourth-order valence-corrected chi connectivity index (χ4v) is 7.46. The van der Waals surface area contributed by atoms with Crippen LogP contribution in [0.2, 0.25) is 17.3 Å². The number of hydrogen-bond donors (Lipinski definition) is 0. The maximum atomic E-state index is 6.45. The van der Waals surface area contributed by atoms with Crippen molar-refractivity contribution in [2.75, 3.05) is 0 Å². The van der Waals surface area contributed by atoms with Crippen LogP contribution in [0.25, 0.3) is 55.6 Å². The molecule has 1 radical (unpaired) electrons. The molecule has 3 nitrogen and oxygen atoms in total. The molecule has 0 unspecified atom stereocenters. The molecule has 3 heterocycles. The van der Waals surface area contributed by atoms with Crippen LogP contribution in [0.1, 0.15) is 25.3 Å².